The lowest BCUT2D eigenvalue weighted by Crippen LogP contribution is -2.05. The van der Waals surface area contributed by atoms with Crippen LogP contribution in [0.4, 0.5) is 0 Å². The summed E-state index contributed by atoms with van der Waals surface area (Å²) in [7, 11) is 2.98. The molecule has 0 aromatic carbocycles. The summed E-state index contributed by atoms with van der Waals surface area (Å²) in [5.74, 6) is 0.0752. The van der Waals surface area contributed by atoms with Gasteiger partial charge in [-0.1, -0.05) is 0 Å². The number of aromatic hydroxyl groups is 1. The average Bonchev–Trinajstić information content (AvgIpc) is 2.10. The van der Waals surface area contributed by atoms with Crippen molar-refractivity contribution in [2.75, 3.05) is 14.2 Å². The molecule has 0 bridgehead atoms. The van der Waals surface area contributed by atoms with Crippen LogP contribution < -0.4 is 0 Å². The number of hydrogen-bond acceptors (Lipinski definition) is 4. The van der Waals surface area contributed by atoms with E-state index >= 15 is 0 Å². The van der Waals surface area contributed by atoms with E-state index in [9.17, 15) is 5.11 Å². The van der Waals surface area contributed by atoms with Gasteiger partial charge < -0.3 is 14.6 Å². The molecule has 0 saturated heterocycles. The summed E-state index contributed by atoms with van der Waals surface area (Å²) in [4.78, 5) is 3.92. The number of ether oxygens (including phenoxy) is 2. The van der Waals surface area contributed by atoms with Crippen molar-refractivity contribution < 1.29 is 14.6 Å². The Labute approximate surface area is 70.8 Å². The predicted octanol–water partition coefficient (Wildman–Crippen LogP) is 1.08. The number of aromatic nitrogens is 1. The summed E-state index contributed by atoms with van der Waals surface area (Å²) in [5, 5.41) is 9.32. The molecule has 0 aliphatic carbocycles. The Morgan fingerprint density at radius 2 is 2.08 bits per heavy atom. The molecule has 0 aliphatic heterocycles. The van der Waals surface area contributed by atoms with Gasteiger partial charge in [0.25, 0.3) is 0 Å². The molecule has 0 aliphatic rings. The van der Waals surface area contributed by atoms with Crippen LogP contribution in [0, 0.1) is 0 Å². The lowest BCUT2D eigenvalue weighted by Gasteiger charge is -2.12. The van der Waals surface area contributed by atoms with E-state index in [1.165, 1.54) is 20.3 Å². The van der Waals surface area contributed by atoms with Crippen molar-refractivity contribution in [3.05, 3.63) is 24.0 Å². The lowest BCUT2D eigenvalue weighted by molar-refractivity contribution is -0.109. The molecule has 1 heterocycles. The fourth-order valence-electron chi connectivity index (χ4n) is 0.910. The number of pyridine rings is 1. The van der Waals surface area contributed by atoms with Gasteiger partial charge in [-0.15, -0.1) is 0 Å². The summed E-state index contributed by atoms with van der Waals surface area (Å²) in [6, 6.07) is 3.18. The smallest absolute Gasteiger partial charge is 0.204 e. The first-order valence-electron chi connectivity index (χ1n) is 3.49. The SMILES string of the molecule is COC(OC)c1ncccc1O. The highest BCUT2D eigenvalue weighted by molar-refractivity contribution is 5.25. The van der Waals surface area contributed by atoms with Crippen molar-refractivity contribution in [3.8, 4) is 5.75 Å². The molecule has 1 aromatic heterocycles. The van der Waals surface area contributed by atoms with Gasteiger partial charge in [0.05, 0.1) is 0 Å². The van der Waals surface area contributed by atoms with E-state index in [-0.39, 0.29) is 5.75 Å². The Morgan fingerprint density at radius 1 is 1.42 bits per heavy atom. The third kappa shape index (κ3) is 1.72. The van der Waals surface area contributed by atoms with Gasteiger partial charge in [-0.3, -0.25) is 4.98 Å². The Hall–Kier alpha value is -1.13. The van der Waals surface area contributed by atoms with Gasteiger partial charge in [0.2, 0.25) is 6.29 Å². The van der Waals surface area contributed by atoms with Crippen LogP contribution in [0.15, 0.2) is 18.3 Å². The maximum absolute atomic E-state index is 9.32. The van der Waals surface area contributed by atoms with Crippen LogP contribution in [0.3, 0.4) is 0 Å². The minimum Gasteiger partial charge on any atom is -0.506 e. The average molecular weight is 169 g/mol. The van der Waals surface area contributed by atoms with E-state index in [4.69, 9.17) is 9.47 Å². The fraction of sp³-hybridized carbons (Fsp3) is 0.375. The van der Waals surface area contributed by atoms with Gasteiger partial charge in [0, 0.05) is 20.4 Å². The Kier molecular flexibility index (Phi) is 3.01. The second-order valence-corrected chi connectivity index (χ2v) is 2.21. The van der Waals surface area contributed by atoms with E-state index in [2.05, 4.69) is 4.98 Å². The molecule has 1 N–H and O–H groups in total. The first-order chi connectivity index (χ1) is 5.79. The molecule has 1 rings (SSSR count). The van der Waals surface area contributed by atoms with Gasteiger partial charge in [-0.2, -0.15) is 0 Å². The minimum atomic E-state index is -0.605. The largest absolute Gasteiger partial charge is 0.506 e. The van der Waals surface area contributed by atoms with Crippen molar-refractivity contribution in [1.29, 1.82) is 0 Å². The second-order valence-electron chi connectivity index (χ2n) is 2.21. The van der Waals surface area contributed by atoms with Crippen LogP contribution in [-0.4, -0.2) is 24.3 Å². The van der Waals surface area contributed by atoms with Gasteiger partial charge >= 0.3 is 0 Å². The summed E-state index contributed by atoms with van der Waals surface area (Å²) >= 11 is 0. The zero-order valence-corrected chi connectivity index (χ0v) is 7.02. The number of nitrogens with zero attached hydrogens (tertiary/aromatic N) is 1. The van der Waals surface area contributed by atoms with E-state index in [0.29, 0.717) is 5.69 Å². The van der Waals surface area contributed by atoms with Crippen LogP contribution in [0.25, 0.3) is 0 Å². The van der Waals surface area contributed by atoms with E-state index in [1.807, 2.05) is 0 Å². The molecular weight excluding hydrogens is 158 g/mol. The molecule has 0 atom stereocenters. The van der Waals surface area contributed by atoms with E-state index in [1.54, 1.807) is 12.3 Å². The third-order valence-corrected chi connectivity index (χ3v) is 1.47. The molecule has 4 nitrogen and oxygen atoms in total. The van der Waals surface area contributed by atoms with E-state index in [0.717, 1.165) is 0 Å². The zero-order valence-electron chi connectivity index (χ0n) is 7.02. The van der Waals surface area contributed by atoms with Crippen molar-refractivity contribution in [2.45, 2.75) is 6.29 Å². The lowest BCUT2D eigenvalue weighted by atomic mass is 10.3. The molecule has 0 radical (unpaired) electrons. The molecule has 12 heavy (non-hydrogen) atoms. The molecule has 0 fully saturated rings. The van der Waals surface area contributed by atoms with Gasteiger partial charge in [-0.05, 0) is 12.1 Å². The summed E-state index contributed by atoms with van der Waals surface area (Å²) in [6.45, 7) is 0. The Morgan fingerprint density at radius 3 is 2.58 bits per heavy atom. The maximum Gasteiger partial charge on any atom is 0.204 e. The molecule has 0 spiro atoms. The van der Waals surface area contributed by atoms with Crippen LogP contribution in [-0.2, 0) is 9.47 Å². The highest BCUT2D eigenvalue weighted by Gasteiger charge is 2.13. The standard InChI is InChI=1S/C8H11NO3/c1-11-8(12-2)7-6(10)4-3-5-9-7/h3-5,8,10H,1-2H3. The van der Waals surface area contributed by atoms with Gasteiger partial charge in [0.15, 0.2) is 0 Å². The highest BCUT2D eigenvalue weighted by atomic mass is 16.7. The summed E-state index contributed by atoms with van der Waals surface area (Å²) in [6.07, 6.45) is 0.964. The number of hydrogen-bond donors (Lipinski definition) is 1. The first kappa shape index (κ1) is 8.96. The van der Waals surface area contributed by atoms with Crippen molar-refractivity contribution in [3.63, 3.8) is 0 Å². The van der Waals surface area contributed by atoms with Crippen molar-refractivity contribution >= 4 is 0 Å². The molecule has 0 amide bonds. The highest BCUT2D eigenvalue weighted by Crippen LogP contribution is 2.23. The summed E-state index contributed by atoms with van der Waals surface area (Å²) < 4.78 is 9.84. The summed E-state index contributed by atoms with van der Waals surface area (Å²) in [5.41, 5.74) is 0.391. The van der Waals surface area contributed by atoms with Gasteiger partial charge in [0.1, 0.15) is 11.4 Å². The van der Waals surface area contributed by atoms with Crippen LogP contribution >= 0.6 is 0 Å². The molecule has 4 heteroatoms. The maximum atomic E-state index is 9.32. The first-order valence-corrected chi connectivity index (χ1v) is 3.49. The number of methoxy groups -OCH3 is 2. The van der Waals surface area contributed by atoms with Crippen molar-refractivity contribution in [1.82, 2.24) is 4.98 Å². The van der Waals surface area contributed by atoms with Crippen LogP contribution in [0.1, 0.15) is 12.0 Å². The molecular formula is C8H11NO3. The van der Waals surface area contributed by atoms with Gasteiger partial charge in [-0.25, -0.2) is 0 Å². The zero-order chi connectivity index (χ0) is 8.97. The van der Waals surface area contributed by atoms with Crippen molar-refractivity contribution in [2.24, 2.45) is 0 Å². The Bertz CT molecular complexity index is 248. The topological polar surface area (TPSA) is 51.6 Å². The molecule has 0 saturated carbocycles. The Balaban J connectivity index is 2.92. The monoisotopic (exact) mass is 169 g/mol. The third-order valence-electron chi connectivity index (χ3n) is 1.47. The quantitative estimate of drug-likeness (QED) is 0.688. The molecule has 1 aromatic rings. The molecule has 0 unspecified atom stereocenters. The minimum absolute atomic E-state index is 0.0752. The van der Waals surface area contributed by atoms with Crippen LogP contribution in [0.2, 0.25) is 0 Å². The fourth-order valence-corrected chi connectivity index (χ4v) is 0.910. The second kappa shape index (κ2) is 4.04. The van der Waals surface area contributed by atoms with E-state index < -0.39 is 6.29 Å². The predicted molar refractivity (Wildman–Crippen MR) is 42.7 cm³/mol. The van der Waals surface area contributed by atoms with Crippen LogP contribution in [0.5, 0.6) is 5.75 Å². The number of rotatable bonds is 3. The normalized spacial score (nSPS) is 10.6. The molecule has 66 valence electrons.